The zero-order valence-corrected chi connectivity index (χ0v) is 10.5. The Morgan fingerprint density at radius 1 is 1.56 bits per heavy atom. The number of nitrogens with one attached hydrogen (secondary N) is 1. The van der Waals surface area contributed by atoms with Crippen LogP contribution in [-0.2, 0) is 14.3 Å². The SMILES string of the molecule is CC1(C(=O)NCCCOCCCl)CCCO1. The molecule has 1 aliphatic rings. The van der Waals surface area contributed by atoms with Crippen LogP contribution in [0.25, 0.3) is 0 Å². The van der Waals surface area contributed by atoms with E-state index in [1.165, 1.54) is 0 Å². The van der Waals surface area contributed by atoms with Crippen molar-refractivity contribution in [2.24, 2.45) is 0 Å². The number of hydrogen-bond acceptors (Lipinski definition) is 3. The van der Waals surface area contributed by atoms with Gasteiger partial charge in [-0.15, -0.1) is 11.6 Å². The summed E-state index contributed by atoms with van der Waals surface area (Å²) in [6, 6.07) is 0. The van der Waals surface area contributed by atoms with Gasteiger partial charge in [-0.1, -0.05) is 0 Å². The Balaban J connectivity index is 2.06. The lowest BCUT2D eigenvalue weighted by molar-refractivity contribution is -0.139. The molecule has 0 aromatic heterocycles. The van der Waals surface area contributed by atoms with Gasteiger partial charge < -0.3 is 14.8 Å². The molecule has 4 nitrogen and oxygen atoms in total. The maximum absolute atomic E-state index is 11.8. The zero-order chi connectivity index (χ0) is 11.9. The molecule has 94 valence electrons. The van der Waals surface area contributed by atoms with E-state index in [-0.39, 0.29) is 5.91 Å². The normalized spacial score (nSPS) is 24.6. The van der Waals surface area contributed by atoms with Crippen molar-refractivity contribution < 1.29 is 14.3 Å². The molecule has 1 saturated heterocycles. The summed E-state index contributed by atoms with van der Waals surface area (Å²) < 4.78 is 10.6. The van der Waals surface area contributed by atoms with E-state index in [4.69, 9.17) is 21.1 Å². The van der Waals surface area contributed by atoms with Crippen LogP contribution in [0.1, 0.15) is 26.2 Å². The maximum atomic E-state index is 11.8. The number of carbonyl (C=O) groups excluding carboxylic acids is 1. The predicted octanol–water partition coefficient (Wildman–Crippen LogP) is 1.32. The molecule has 0 aliphatic carbocycles. The second-order valence-corrected chi connectivity index (χ2v) is 4.47. The van der Waals surface area contributed by atoms with Gasteiger partial charge in [-0.05, 0) is 26.2 Å². The molecule has 1 fully saturated rings. The van der Waals surface area contributed by atoms with Crippen molar-refractivity contribution in [1.82, 2.24) is 5.32 Å². The van der Waals surface area contributed by atoms with E-state index in [1.54, 1.807) is 0 Å². The van der Waals surface area contributed by atoms with Gasteiger partial charge in [0.1, 0.15) is 5.60 Å². The second kappa shape index (κ2) is 7.09. The summed E-state index contributed by atoms with van der Waals surface area (Å²) in [7, 11) is 0. The van der Waals surface area contributed by atoms with Crippen LogP contribution in [0.15, 0.2) is 0 Å². The minimum Gasteiger partial charge on any atom is -0.380 e. The molecule has 1 unspecified atom stereocenters. The first-order valence-electron chi connectivity index (χ1n) is 5.75. The summed E-state index contributed by atoms with van der Waals surface area (Å²) >= 11 is 5.46. The van der Waals surface area contributed by atoms with Crippen LogP contribution in [-0.4, -0.2) is 43.8 Å². The minimum atomic E-state index is -0.614. The number of alkyl halides is 1. The van der Waals surface area contributed by atoms with E-state index < -0.39 is 5.60 Å². The molecule has 0 aromatic rings. The highest BCUT2D eigenvalue weighted by molar-refractivity contribution is 6.17. The standard InChI is InChI=1S/C11H20ClNO3/c1-11(4-2-8-16-11)10(14)13-6-3-7-15-9-5-12/h2-9H2,1H3,(H,13,14). The number of carbonyl (C=O) groups is 1. The Bertz CT molecular complexity index is 217. The highest BCUT2D eigenvalue weighted by Crippen LogP contribution is 2.24. The lowest BCUT2D eigenvalue weighted by Crippen LogP contribution is -2.44. The predicted molar refractivity (Wildman–Crippen MR) is 62.8 cm³/mol. The van der Waals surface area contributed by atoms with E-state index in [0.717, 1.165) is 19.3 Å². The first-order chi connectivity index (χ1) is 7.69. The van der Waals surface area contributed by atoms with E-state index >= 15 is 0 Å². The van der Waals surface area contributed by atoms with Gasteiger partial charge in [-0.3, -0.25) is 4.79 Å². The van der Waals surface area contributed by atoms with Gasteiger partial charge in [0.05, 0.1) is 6.61 Å². The van der Waals surface area contributed by atoms with Gasteiger partial charge in [0, 0.05) is 25.6 Å². The second-order valence-electron chi connectivity index (χ2n) is 4.09. The van der Waals surface area contributed by atoms with Crippen molar-refractivity contribution in [1.29, 1.82) is 0 Å². The molecule has 1 rings (SSSR count). The van der Waals surface area contributed by atoms with Crippen molar-refractivity contribution in [3.63, 3.8) is 0 Å². The third kappa shape index (κ3) is 4.28. The van der Waals surface area contributed by atoms with Gasteiger partial charge in [0.25, 0.3) is 5.91 Å². The Hall–Kier alpha value is -0.320. The summed E-state index contributed by atoms with van der Waals surface area (Å²) in [4.78, 5) is 11.8. The van der Waals surface area contributed by atoms with Crippen LogP contribution >= 0.6 is 11.6 Å². The molecule has 1 aliphatic heterocycles. The number of hydrogen-bond donors (Lipinski definition) is 1. The summed E-state index contributed by atoms with van der Waals surface area (Å²) in [5.41, 5.74) is -0.614. The average molecular weight is 250 g/mol. The lowest BCUT2D eigenvalue weighted by atomic mass is 10.0. The van der Waals surface area contributed by atoms with Crippen LogP contribution in [0.4, 0.5) is 0 Å². The van der Waals surface area contributed by atoms with Gasteiger partial charge in [0.15, 0.2) is 0 Å². The molecule has 1 atom stereocenters. The van der Waals surface area contributed by atoms with E-state index in [1.807, 2.05) is 6.92 Å². The van der Waals surface area contributed by atoms with Crippen LogP contribution in [0, 0.1) is 0 Å². The third-order valence-electron chi connectivity index (χ3n) is 2.67. The topological polar surface area (TPSA) is 47.6 Å². The van der Waals surface area contributed by atoms with Crippen LogP contribution in [0.2, 0.25) is 0 Å². The van der Waals surface area contributed by atoms with Crippen LogP contribution in [0.5, 0.6) is 0 Å². The summed E-state index contributed by atoms with van der Waals surface area (Å²) in [5.74, 6) is 0.500. The Labute approximate surface area is 102 Å². The zero-order valence-electron chi connectivity index (χ0n) is 9.76. The number of amides is 1. The first-order valence-corrected chi connectivity index (χ1v) is 6.28. The van der Waals surface area contributed by atoms with Gasteiger partial charge >= 0.3 is 0 Å². The fourth-order valence-electron chi connectivity index (χ4n) is 1.68. The largest absolute Gasteiger partial charge is 0.380 e. The molecule has 1 heterocycles. The molecular weight excluding hydrogens is 230 g/mol. The monoisotopic (exact) mass is 249 g/mol. The molecule has 0 radical (unpaired) electrons. The summed E-state index contributed by atoms with van der Waals surface area (Å²) in [6.07, 6.45) is 2.57. The van der Waals surface area contributed by atoms with Crippen molar-refractivity contribution in [2.45, 2.75) is 31.8 Å². The number of ether oxygens (including phenoxy) is 2. The van der Waals surface area contributed by atoms with Crippen molar-refractivity contribution >= 4 is 17.5 Å². The van der Waals surface area contributed by atoms with Gasteiger partial charge in [-0.2, -0.15) is 0 Å². The average Bonchev–Trinajstić information content (AvgIpc) is 2.71. The van der Waals surface area contributed by atoms with E-state index in [2.05, 4.69) is 5.32 Å². The fraction of sp³-hybridized carbons (Fsp3) is 0.909. The molecule has 1 amide bonds. The van der Waals surface area contributed by atoms with Crippen molar-refractivity contribution in [3.05, 3.63) is 0 Å². The Morgan fingerprint density at radius 3 is 3.00 bits per heavy atom. The molecule has 16 heavy (non-hydrogen) atoms. The molecule has 5 heteroatoms. The van der Waals surface area contributed by atoms with Crippen molar-refractivity contribution in [2.75, 3.05) is 32.2 Å². The molecular formula is C11H20ClNO3. The van der Waals surface area contributed by atoms with E-state index in [0.29, 0.717) is 32.2 Å². The fourth-order valence-corrected chi connectivity index (χ4v) is 1.79. The number of halogens is 1. The molecule has 0 aromatic carbocycles. The highest BCUT2D eigenvalue weighted by atomic mass is 35.5. The smallest absolute Gasteiger partial charge is 0.251 e. The molecule has 0 saturated carbocycles. The number of rotatable bonds is 7. The summed E-state index contributed by atoms with van der Waals surface area (Å²) in [6.45, 7) is 4.35. The molecule has 0 spiro atoms. The Morgan fingerprint density at radius 2 is 2.38 bits per heavy atom. The molecule has 1 N–H and O–H groups in total. The lowest BCUT2D eigenvalue weighted by Gasteiger charge is -2.21. The highest BCUT2D eigenvalue weighted by Gasteiger charge is 2.37. The Kier molecular flexibility index (Phi) is 6.09. The third-order valence-corrected chi connectivity index (χ3v) is 2.83. The van der Waals surface area contributed by atoms with Gasteiger partial charge in [0.2, 0.25) is 0 Å². The van der Waals surface area contributed by atoms with E-state index in [9.17, 15) is 4.79 Å². The molecule has 0 bridgehead atoms. The van der Waals surface area contributed by atoms with Crippen molar-refractivity contribution in [3.8, 4) is 0 Å². The van der Waals surface area contributed by atoms with Gasteiger partial charge in [-0.25, -0.2) is 0 Å². The quantitative estimate of drug-likeness (QED) is 0.547. The summed E-state index contributed by atoms with van der Waals surface area (Å²) in [5, 5.41) is 2.87. The van der Waals surface area contributed by atoms with Crippen LogP contribution in [0.3, 0.4) is 0 Å². The maximum Gasteiger partial charge on any atom is 0.251 e. The first kappa shape index (κ1) is 13.7. The minimum absolute atomic E-state index is 0.0117. The van der Waals surface area contributed by atoms with Crippen LogP contribution < -0.4 is 5.32 Å².